The number of hydrogen-bond donors (Lipinski definition) is 0. The van der Waals surface area contributed by atoms with Crippen molar-refractivity contribution in [3.8, 4) is 5.69 Å². The van der Waals surface area contributed by atoms with Gasteiger partial charge in [0.15, 0.2) is 0 Å². The highest BCUT2D eigenvalue weighted by Gasteiger charge is 2.50. The van der Waals surface area contributed by atoms with E-state index in [-0.39, 0.29) is 5.91 Å². The minimum atomic E-state index is 0.148. The molecule has 2 aromatic heterocycles. The van der Waals surface area contributed by atoms with E-state index in [2.05, 4.69) is 22.5 Å². The largest absolute Gasteiger partial charge is 0.337 e. The smallest absolute Gasteiger partial charge is 0.266 e. The third kappa shape index (κ3) is 1.67. The number of hydrogen-bond acceptors (Lipinski definition) is 4. The van der Waals surface area contributed by atoms with E-state index in [1.807, 2.05) is 16.3 Å². The van der Waals surface area contributed by atoms with Crippen LogP contribution in [0, 0.1) is 23.7 Å². The Morgan fingerprint density at radius 3 is 2.68 bits per heavy atom. The van der Waals surface area contributed by atoms with Crippen LogP contribution in [0.25, 0.3) is 5.69 Å². The lowest BCUT2D eigenvalue weighted by Crippen LogP contribution is -2.30. The monoisotopic (exact) mass is 312 g/mol. The van der Waals surface area contributed by atoms with Gasteiger partial charge in [-0.05, 0) is 41.5 Å². The van der Waals surface area contributed by atoms with Crippen LogP contribution in [-0.2, 0) is 0 Å². The number of rotatable bonds is 2. The summed E-state index contributed by atoms with van der Waals surface area (Å²) >= 11 is 1.49. The van der Waals surface area contributed by atoms with Gasteiger partial charge in [-0.3, -0.25) is 4.79 Å². The molecule has 0 radical (unpaired) electrons. The summed E-state index contributed by atoms with van der Waals surface area (Å²) < 4.78 is 1.67. The molecular weight excluding hydrogens is 296 g/mol. The number of fused-ring (bicyclic) bond motifs is 5. The fourth-order valence-electron chi connectivity index (χ4n) is 4.44. The van der Waals surface area contributed by atoms with Crippen molar-refractivity contribution >= 4 is 17.2 Å². The van der Waals surface area contributed by atoms with Crippen LogP contribution in [0.3, 0.4) is 0 Å². The fourth-order valence-corrected chi connectivity index (χ4v) is 5.29. The van der Waals surface area contributed by atoms with Gasteiger partial charge in [0.2, 0.25) is 0 Å². The highest BCUT2D eigenvalue weighted by atomic mass is 32.1. The second-order valence-electron chi connectivity index (χ2n) is 6.47. The molecule has 112 valence electrons. The van der Waals surface area contributed by atoms with Crippen LogP contribution in [-0.4, -0.2) is 38.9 Å². The number of carbonyl (C=O) groups excluding carboxylic acids is 1. The van der Waals surface area contributed by atoms with Gasteiger partial charge in [0.05, 0.1) is 18.1 Å². The van der Waals surface area contributed by atoms with E-state index >= 15 is 0 Å². The molecule has 2 bridgehead atoms. The van der Waals surface area contributed by atoms with E-state index in [0.717, 1.165) is 23.7 Å². The van der Waals surface area contributed by atoms with E-state index in [9.17, 15) is 4.79 Å². The second kappa shape index (κ2) is 4.52. The summed E-state index contributed by atoms with van der Waals surface area (Å²) in [7, 11) is 0. The van der Waals surface area contributed by atoms with Crippen molar-refractivity contribution in [1.82, 2.24) is 19.9 Å². The number of thiophene rings is 1. The summed E-state index contributed by atoms with van der Waals surface area (Å²) in [6, 6.07) is 1.94. The maximum atomic E-state index is 12.9. The van der Waals surface area contributed by atoms with Crippen molar-refractivity contribution in [3.05, 3.63) is 40.9 Å². The predicted octanol–water partition coefficient (Wildman–Crippen LogP) is 2.22. The minimum Gasteiger partial charge on any atom is -0.337 e. The lowest BCUT2D eigenvalue weighted by molar-refractivity contribution is 0.0781. The molecule has 6 heteroatoms. The quantitative estimate of drug-likeness (QED) is 0.799. The van der Waals surface area contributed by atoms with Gasteiger partial charge in [0, 0.05) is 13.1 Å². The van der Waals surface area contributed by atoms with Gasteiger partial charge in [-0.25, -0.2) is 4.68 Å². The molecule has 2 aliphatic carbocycles. The molecule has 2 fully saturated rings. The Hall–Kier alpha value is -1.95. The molecule has 2 aromatic rings. The summed E-state index contributed by atoms with van der Waals surface area (Å²) in [5.41, 5.74) is 0.839. The lowest BCUT2D eigenvalue weighted by Gasteiger charge is -2.18. The van der Waals surface area contributed by atoms with Crippen LogP contribution in [0.1, 0.15) is 16.1 Å². The molecule has 1 saturated heterocycles. The summed E-state index contributed by atoms with van der Waals surface area (Å²) in [5, 5.41) is 9.80. The van der Waals surface area contributed by atoms with Gasteiger partial charge in [0.25, 0.3) is 5.91 Å². The van der Waals surface area contributed by atoms with Crippen molar-refractivity contribution in [1.29, 1.82) is 0 Å². The van der Waals surface area contributed by atoms with Crippen LogP contribution in [0.15, 0.2) is 36.0 Å². The Kier molecular flexibility index (Phi) is 2.59. The Morgan fingerprint density at radius 2 is 2.00 bits per heavy atom. The van der Waals surface area contributed by atoms with Crippen LogP contribution in [0.2, 0.25) is 0 Å². The van der Waals surface area contributed by atoms with Crippen molar-refractivity contribution in [3.63, 3.8) is 0 Å². The number of amides is 1. The van der Waals surface area contributed by atoms with Crippen LogP contribution < -0.4 is 0 Å². The highest BCUT2D eigenvalue weighted by molar-refractivity contribution is 7.12. The lowest BCUT2D eigenvalue weighted by atomic mass is 9.86. The summed E-state index contributed by atoms with van der Waals surface area (Å²) in [4.78, 5) is 15.8. The molecule has 0 aromatic carbocycles. The molecular formula is C16H16N4OS. The number of likely N-dealkylation sites (tertiary alicyclic amines) is 1. The molecule has 3 heterocycles. The molecule has 22 heavy (non-hydrogen) atoms. The summed E-state index contributed by atoms with van der Waals surface area (Å²) in [6.45, 7) is 1.81. The predicted molar refractivity (Wildman–Crippen MR) is 82.9 cm³/mol. The van der Waals surface area contributed by atoms with Gasteiger partial charge >= 0.3 is 0 Å². The fraction of sp³-hybridized carbons (Fsp3) is 0.438. The highest BCUT2D eigenvalue weighted by Crippen LogP contribution is 2.51. The van der Waals surface area contributed by atoms with Crippen molar-refractivity contribution in [2.24, 2.45) is 23.7 Å². The van der Waals surface area contributed by atoms with E-state index in [4.69, 9.17) is 0 Å². The average molecular weight is 312 g/mol. The number of aromatic nitrogens is 3. The SMILES string of the molecule is O=C(c1sccc1-n1ccnn1)N1C[C@@H]2C3C=CC(C3)[C@@H]2C1. The van der Waals surface area contributed by atoms with E-state index < -0.39 is 0 Å². The average Bonchev–Trinajstić information content (AvgIpc) is 3.35. The van der Waals surface area contributed by atoms with Crippen LogP contribution >= 0.6 is 11.3 Å². The zero-order valence-corrected chi connectivity index (χ0v) is 12.8. The first-order valence-electron chi connectivity index (χ1n) is 7.73. The number of carbonyl (C=O) groups is 1. The van der Waals surface area contributed by atoms with Crippen molar-refractivity contribution < 1.29 is 4.79 Å². The first-order valence-corrected chi connectivity index (χ1v) is 8.61. The summed E-state index contributed by atoms with van der Waals surface area (Å²) in [5.74, 6) is 2.90. The molecule has 1 saturated carbocycles. The molecule has 2 unspecified atom stereocenters. The Balaban J connectivity index is 1.42. The van der Waals surface area contributed by atoms with Crippen LogP contribution in [0.4, 0.5) is 0 Å². The maximum absolute atomic E-state index is 12.9. The molecule has 0 spiro atoms. The zero-order valence-electron chi connectivity index (χ0n) is 12.0. The molecule has 5 nitrogen and oxygen atoms in total. The Morgan fingerprint density at radius 1 is 1.23 bits per heavy atom. The van der Waals surface area contributed by atoms with Crippen molar-refractivity contribution in [2.45, 2.75) is 6.42 Å². The van der Waals surface area contributed by atoms with Gasteiger partial charge in [-0.2, -0.15) is 0 Å². The van der Waals surface area contributed by atoms with E-state index in [1.165, 1.54) is 17.8 Å². The zero-order chi connectivity index (χ0) is 14.7. The first kappa shape index (κ1) is 12.6. The van der Waals surface area contributed by atoms with Gasteiger partial charge in [0.1, 0.15) is 4.88 Å². The minimum absolute atomic E-state index is 0.148. The standard InChI is InChI=1S/C16H16N4OS/c21-16(15-14(3-6-22-15)20-5-4-17-18-20)19-8-12-10-1-2-11(7-10)13(12)9-19/h1-6,10-13H,7-9H2/t10?,11?,12-,13+. The second-order valence-corrected chi connectivity index (χ2v) is 7.38. The van der Waals surface area contributed by atoms with E-state index in [0.29, 0.717) is 23.7 Å². The van der Waals surface area contributed by atoms with E-state index in [1.54, 1.807) is 17.1 Å². The molecule has 4 atom stereocenters. The normalized spacial score (nSPS) is 31.9. The van der Waals surface area contributed by atoms with Gasteiger partial charge in [-0.1, -0.05) is 17.4 Å². The molecule has 1 amide bonds. The number of nitrogens with zero attached hydrogens (tertiary/aromatic N) is 4. The molecule has 1 aliphatic heterocycles. The molecule has 3 aliphatic rings. The van der Waals surface area contributed by atoms with Gasteiger partial charge in [-0.15, -0.1) is 16.4 Å². The summed E-state index contributed by atoms with van der Waals surface area (Å²) in [6.07, 6.45) is 9.45. The van der Waals surface area contributed by atoms with Crippen molar-refractivity contribution in [2.75, 3.05) is 13.1 Å². The van der Waals surface area contributed by atoms with Gasteiger partial charge < -0.3 is 4.90 Å². The topological polar surface area (TPSA) is 51.0 Å². The third-order valence-electron chi connectivity index (χ3n) is 5.46. The maximum Gasteiger partial charge on any atom is 0.266 e. The Labute approximate surface area is 132 Å². The molecule has 5 rings (SSSR count). The molecule has 0 N–H and O–H groups in total. The van der Waals surface area contributed by atoms with Crippen LogP contribution in [0.5, 0.6) is 0 Å². The Bertz CT molecular complexity index is 730. The number of allylic oxidation sites excluding steroid dienone is 2. The third-order valence-corrected chi connectivity index (χ3v) is 6.35. The first-order chi connectivity index (χ1) is 10.8.